The first-order valence-corrected chi connectivity index (χ1v) is 7.53. The molecule has 0 aliphatic rings. The van der Waals surface area contributed by atoms with E-state index in [1.807, 2.05) is 6.92 Å². The summed E-state index contributed by atoms with van der Waals surface area (Å²) in [6.07, 6.45) is 2.19. The van der Waals surface area contributed by atoms with Crippen molar-refractivity contribution in [1.82, 2.24) is 0 Å². The second kappa shape index (κ2) is 7.16. The van der Waals surface area contributed by atoms with E-state index in [1.54, 1.807) is 6.92 Å². The number of hydrogen-bond donors (Lipinski definition) is 1. The van der Waals surface area contributed by atoms with Crippen LogP contribution >= 0.6 is 15.9 Å². The van der Waals surface area contributed by atoms with Crippen LogP contribution in [0.2, 0.25) is 0 Å². The number of rotatable bonds is 7. The zero-order chi connectivity index (χ0) is 15.3. The Morgan fingerprint density at radius 3 is 2.50 bits per heavy atom. The first-order valence-electron chi connectivity index (χ1n) is 6.73. The number of unbranched alkanes of at least 4 members (excludes halogenated alkanes) is 1. The summed E-state index contributed by atoms with van der Waals surface area (Å²) in [5.41, 5.74) is -1.27. The Kier molecular flexibility index (Phi) is 6.11. The van der Waals surface area contributed by atoms with E-state index in [2.05, 4.69) is 15.9 Å². The van der Waals surface area contributed by atoms with Gasteiger partial charge in [-0.25, -0.2) is 8.78 Å². The van der Waals surface area contributed by atoms with Gasteiger partial charge in [0.2, 0.25) is 0 Å². The molecule has 5 heteroatoms. The van der Waals surface area contributed by atoms with Crippen molar-refractivity contribution in [3.8, 4) is 0 Å². The zero-order valence-corrected chi connectivity index (χ0v) is 13.3. The Hall–Kier alpha value is -0.970. The number of halogens is 3. The summed E-state index contributed by atoms with van der Waals surface area (Å²) in [7, 11) is 0. The number of benzene rings is 1. The van der Waals surface area contributed by atoms with Crippen molar-refractivity contribution in [2.75, 3.05) is 0 Å². The molecule has 2 nitrogen and oxygen atoms in total. The second-order valence-electron chi connectivity index (χ2n) is 5.04. The minimum atomic E-state index is -1.11. The fourth-order valence-corrected chi connectivity index (χ4v) is 2.68. The highest BCUT2D eigenvalue weighted by Gasteiger charge is 2.38. The molecule has 1 atom stereocenters. The first-order chi connectivity index (χ1) is 9.38. The van der Waals surface area contributed by atoms with Crippen LogP contribution in [0.25, 0.3) is 0 Å². The third-order valence-electron chi connectivity index (χ3n) is 3.79. The lowest BCUT2D eigenvalue weighted by Crippen LogP contribution is -2.33. The highest BCUT2D eigenvalue weighted by atomic mass is 79.9. The minimum absolute atomic E-state index is 0.129. The molecule has 0 aromatic heterocycles. The molecule has 0 amide bonds. The molecular weight excluding hydrogens is 330 g/mol. The molecule has 1 unspecified atom stereocenters. The van der Waals surface area contributed by atoms with Gasteiger partial charge in [-0.3, -0.25) is 4.79 Å². The zero-order valence-electron chi connectivity index (χ0n) is 11.7. The molecule has 0 heterocycles. The summed E-state index contributed by atoms with van der Waals surface area (Å²) in [6.45, 7) is 3.71. The number of carbonyl (C=O) groups is 1. The van der Waals surface area contributed by atoms with Gasteiger partial charge in [-0.15, -0.1) is 0 Å². The van der Waals surface area contributed by atoms with E-state index in [-0.39, 0.29) is 16.5 Å². The van der Waals surface area contributed by atoms with E-state index < -0.39 is 23.0 Å². The predicted octanol–water partition coefficient (Wildman–Crippen LogP) is 4.94. The highest BCUT2D eigenvalue weighted by Crippen LogP contribution is 2.36. The molecular formula is C15H19BrF2O2. The van der Waals surface area contributed by atoms with Crippen LogP contribution in [0.15, 0.2) is 16.6 Å². The Labute approximate surface area is 126 Å². The van der Waals surface area contributed by atoms with Crippen molar-refractivity contribution in [2.45, 2.75) is 46.0 Å². The Bertz CT molecular complexity index is 491. The molecule has 0 spiro atoms. The van der Waals surface area contributed by atoms with Crippen LogP contribution in [-0.2, 0) is 11.2 Å². The monoisotopic (exact) mass is 348 g/mol. The third kappa shape index (κ3) is 3.57. The van der Waals surface area contributed by atoms with Crippen molar-refractivity contribution in [2.24, 2.45) is 5.41 Å². The minimum Gasteiger partial charge on any atom is -0.481 e. The maximum Gasteiger partial charge on any atom is 0.309 e. The van der Waals surface area contributed by atoms with Gasteiger partial charge in [-0.2, -0.15) is 0 Å². The number of carboxylic acids is 1. The lowest BCUT2D eigenvalue weighted by molar-refractivity contribution is -0.149. The van der Waals surface area contributed by atoms with Crippen LogP contribution < -0.4 is 0 Å². The second-order valence-corrected chi connectivity index (χ2v) is 5.90. The summed E-state index contributed by atoms with van der Waals surface area (Å²) in [6, 6.07) is 2.44. The standard InChI is InChI=1S/C15H19BrF2O2/c1-3-5-8-15(4-2,14(19)20)9-10-12(17)7-6-11(16)13(10)18/h6-7H,3-5,8-9H2,1-2H3,(H,19,20). The smallest absolute Gasteiger partial charge is 0.309 e. The van der Waals surface area contributed by atoms with Crippen molar-refractivity contribution >= 4 is 21.9 Å². The lowest BCUT2D eigenvalue weighted by Gasteiger charge is -2.28. The lowest BCUT2D eigenvalue weighted by atomic mass is 9.75. The van der Waals surface area contributed by atoms with Crippen LogP contribution in [0.1, 0.15) is 45.1 Å². The summed E-state index contributed by atoms with van der Waals surface area (Å²) in [4.78, 5) is 11.6. The fourth-order valence-electron chi connectivity index (χ4n) is 2.31. The van der Waals surface area contributed by atoms with E-state index in [9.17, 15) is 18.7 Å². The normalized spacial score (nSPS) is 14.1. The van der Waals surface area contributed by atoms with Crippen molar-refractivity contribution < 1.29 is 18.7 Å². The first kappa shape index (κ1) is 17.1. The van der Waals surface area contributed by atoms with Gasteiger partial charge in [0.05, 0.1) is 9.89 Å². The molecule has 112 valence electrons. The summed E-state index contributed by atoms with van der Waals surface area (Å²) in [5.74, 6) is -2.39. The number of aliphatic carboxylic acids is 1. The van der Waals surface area contributed by atoms with E-state index in [0.29, 0.717) is 12.8 Å². The van der Waals surface area contributed by atoms with Gasteiger partial charge < -0.3 is 5.11 Å². The molecule has 0 saturated carbocycles. The van der Waals surface area contributed by atoms with Gasteiger partial charge in [-0.05, 0) is 47.3 Å². The van der Waals surface area contributed by atoms with Crippen molar-refractivity contribution in [3.05, 3.63) is 33.8 Å². The molecule has 0 saturated heterocycles. The van der Waals surface area contributed by atoms with Crippen molar-refractivity contribution in [3.63, 3.8) is 0 Å². The van der Waals surface area contributed by atoms with Gasteiger partial charge in [0.25, 0.3) is 0 Å². The average molecular weight is 349 g/mol. The van der Waals surface area contributed by atoms with Gasteiger partial charge >= 0.3 is 5.97 Å². The topological polar surface area (TPSA) is 37.3 Å². The van der Waals surface area contributed by atoms with E-state index in [1.165, 1.54) is 6.07 Å². The van der Waals surface area contributed by atoms with Gasteiger partial charge in [0, 0.05) is 5.56 Å². The maximum absolute atomic E-state index is 14.0. The predicted molar refractivity (Wildman–Crippen MR) is 77.6 cm³/mol. The summed E-state index contributed by atoms with van der Waals surface area (Å²) in [5, 5.41) is 9.51. The summed E-state index contributed by atoms with van der Waals surface area (Å²) < 4.78 is 28.0. The number of hydrogen-bond acceptors (Lipinski definition) is 1. The van der Waals surface area contributed by atoms with Crippen molar-refractivity contribution in [1.29, 1.82) is 0 Å². The SMILES string of the molecule is CCCCC(CC)(Cc1c(F)ccc(Br)c1F)C(=O)O. The molecule has 1 aromatic carbocycles. The fraction of sp³-hybridized carbons (Fsp3) is 0.533. The third-order valence-corrected chi connectivity index (χ3v) is 4.41. The molecule has 20 heavy (non-hydrogen) atoms. The summed E-state index contributed by atoms with van der Waals surface area (Å²) >= 11 is 3.01. The molecule has 0 aliphatic heterocycles. The van der Waals surface area contributed by atoms with E-state index in [4.69, 9.17) is 0 Å². The molecule has 0 fully saturated rings. The highest BCUT2D eigenvalue weighted by molar-refractivity contribution is 9.10. The van der Waals surface area contributed by atoms with E-state index in [0.717, 1.165) is 18.9 Å². The van der Waals surface area contributed by atoms with Gasteiger partial charge in [-0.1, -0.05) is 26.7 Å². The van der Waals surface area contributed by atoms with Crippen LogP contribution in [0.4, 0.5) is 8.78 Å². The molecule has 1 N–H and O–H groups in total. The maximum atomic E-state index is 14.0. The van der Waals surface area contributed by atoms with E-state index >= 15 is 0 Å². The Balaban J connectivity index is 3.19. The van der Waals surface area contributed by atoms with Crippen LogP contribution in [-0.4, -0.2) is 11.1 Å². The van der Waals surface area contributed by atoms with Crippen LogP contribution in [0.5, 0.6) is 0 Å². The van der Waals surface area contributed by atoms with Crippen LogP contribution in [0, 0.1) is 17.0 Å². The number of carboxylic acid groups (broad SMARTS) is 1. The quantitative estimate of drug-likeness (QED) is 0.708. The van der Waals surface area contributed by atoms with Crippen LogP contribution in [0.3, 0.4) is 0 Å². The molecule has 0 aliphatic carbocycles. The Morgan fingerprint density at radius 1 is 1.35 bits per heavy atom. The Morgan fingerprint density at radius 2 is 2.00 bits per heavy atom. The molecule has 0 radical (unpaired) electrons. The molecule has 0 bridgehead atoms. The largest absolute Gasteiger partial charge is 0.481 e. The molecule has 1 aromatic rings. The molecule has 1 rings (SSSR count). The van der Waals surface area contributed by atoms with Gasteiger partial charge in [0.15, 0.2) is 0 Å². The van der Waals surface area contributed by atoms with Gasteiger partial charge in [0.1, 0.15) is 11.6 Å². The average Bonchev–Trinajstić information content (AvgIpc) is 2.42.